The maximum atomic E-state index is 12.8. The van der Waals surface area contributed by atoms with Crippen molar-refractivity contribution in [3.63, 3.8) is 0 Å². The van der Waals surface area contributed by atoms with Crippen molar-refractivity contribution < 1.29 is 32.9 Å². The Morgan fingerprint density at radius 1 is 0.686 bits per heavy atom. The van der Waals surface area contributed by atoms with E-state index >= 15 is 0 Å². The number of allylic oxidation sites excluding steroid dienone is 6. The Bertz CT molecular complexity index is 933. The van der Waals surface area contributed by atoms with Gasteiger partial charge in [-0.3, -0.25) is 13.8 Å². The number of unbranched alkanes of at least 4 members (excludes halogenated alkanes) is 18. The zero-order chi connectivity index (χ0) is 37.9. The fourth-order valence-corrected chi connectivity index (χ4v) is 6.56. The van der Waals surface area contributed by atoms with E-state index in [1.807, 2.05) is 21.1 Å². The van der Waals surface area contributed by atoms with Crippen molar-refractivity contribution in [1.82, 2.24) is 5.32 Å². The molecule has 0 saturated carbocycles. The summed E-state index contributed by atoms with van der Waals surface area (Å²) in [6.45, 7) is 4.75. The number of amides is 1. The standard InChI is InChI=1S/C42H81N2O6P/c1-6-8-10-12-14-16-18-20-22-24-26-28-30-32-34-36-42(46)43-40(39-50-51(47,48)49-38-37-44(3,4)5)41(45)35-33-31-29-27-25-23-21-19-17-15-13-11-9-7-2/h8,10,14,16,20,22,40-41,45H,6-7,9,11-13,15,17-19,21,23-39H2,1-5H3,(H-,43,46,47,48)/p+1/b10-8-,16-14-,22-20-. The monoisotopic (exact) mass is 742 g/mol. The average molecular weight is 742 g/mol. The predicted molar refractivity (Wildman–Crippen MR) is 217 cm³/mol. The zero-order valence-electron chi connectivity index (χ0n) is 33.8. The van der Waals surface area contributed by atoms with Gasteiger partial charge in [-0.1, -0.05) is 159 Å². The van der Waals surface area contributed by atoms with Crippen molar-refractivity contribution in [3.05, 3.63) is 36.5 Å². The van der Waals surface area contributed by atoms with Gasteiger partial charge in [0.2, 0.25) is 5.91 Å². The Morgan fingerprint density at radius 2 is 1.18 bits per heavy atom. The first-order valence-electron chi connectivity index (χ1n) is 20.9. The maximum absolute atomic E-state index is 12.8. The lowest BCUT2D eigenvalue weighted by atomic mass is 10.0. The smallest absolute Gasteiger partial charge is 0.391 e. The van der Waals surface area contributed by atoms with Crippen LogP contribution < -0.4 is 5.32 Å². The summed E-state index contributed by atoms with van der Waals surface area (Å²) in [5, 5.41) is 13.9. The highest BCUT2D eigenvalue weighted by Crippen LogP contribution is 2.43. The summed E-state index contributed by atoms with van der Waals surface area (Å²) in [6, 6.07) is -0.767. The lowest BCUT2D eigenvalue weighted by Crippen LogP contribution is -2.46. The largest absolute Gasteiger partial charge is 0.472 e. The summed E-state index contributed by atoms with van der Waals surface area (Å²) in [6.07, 6.45) is 40.2. The molecule has 0 rings (SSSR count). The van der Waals surface area contributed by atoms with Crippen molar-refractivity contribution >= 4 is 13.7 Å². The quantitative estimate of drug-likeness (QED) is 0.0253. The number of carbonyl (C=O) groups is 1. The van der Waals surface area contributed by atoms with Crippen LogP contribution in [0.25, 0.3) is 0 Å². The number of phosphoric ester groups is 1. The van der Waals surface area contributed by atoms with Crippen molar-refractivity contribution in [2.24, 2.45) is 0 Å². The third kappa shape index (κ3) is 36.9. The van der Waals surface area contributed by atoms with E-state index < -0.39 is 20.0 Å². The SMILES string of the molecule is CC/C=C\C/C=C\C/C=C\CCCCCCCC(=O)NC(COP(=O)(O)OCC[N+](C)(C)C)C(O)CCCCCCCCCCCCCCCC. The molecule has 0 aromatic carbocycles. The van der Waals surface area contributed by atoms with Crippen molar-refractivity contribution in [2.45, 2.75) is 187 Å². The van der Waals surface area contributed by atoms with Crippen LogP contribution in [-0.2, 0) is 18.4 Å². The van der Waals surface area contributed by atoms with E-state index in [4.69, 9.17) is 9.05 Å². The van der Waals surface area contributed by atoms with Crippen molar-refractivity contribution in [1.29, 1.82) is 0 Å². The minimum atomic E-state index is -4.31. The number of aliphatic hydroxyl groups excluding tert-OH is 1. The Hall–Kier alpha value is -1.28. The molecule has 0 aliphatic rings. The number of aliphatic hydroxyl groups is 1. The van der Waals surface area contributed by atoms with Crippen LogP contribution in [0.4, 0.5) is 0 Å². The van der Waals surface area contributed by atoms with Gasteiger partial charge in [0.05, 0.1) is 39.9 Å². The van der Waals surface area contributed by atoms with Gasteiger partial charge >= 0.3 is 7.82 Å². The molecule has 300 valence electrons. The van der Waals surface area contributed by atoms with Crippen LogP contribution in [0, 0.1) is 0 Å². The highest BCUT2D eigenvalue weighted by molar-refractivity contribution is 7.47. The number of quaternary nitrogens is 1. The summed E-state index contributed by atoms with van der Waals surface area (Å²) in [5.41, 5.74) is 0. The fourth-order valence-electron chi connectivity index (χ4n) is 5.82. The second-order valence-corrected chi connectivity index (χ2v) is 16.8. The molecule has 1 amide bonds. The summed E-state index contributed by atoms with van der Waals surface area (Å²) in [4.78, 5) is 23.1. The lowest BCUT2D eigenvalue weighted by Gasteiger charge is -2.26. The molecule has 3 atom stereocenters. The highest BCUT2D eigenvalue weighted by atomic mass is 31.2. The molecule has 8 nitrogen and oxygen atoms in total. The van der Waals surface area contributed by atoms with E-state index in [1.165, 1.54) is 70.6 Å². The predicted octanol–water partition coefficient (Wildman–Crippen LogP) is 11.1. The number of nitrogens with one attached hydrogen (secondary N) is 1. The molecule has 51 heavy (non-hydrogen) atoms. The number of phosphoric acid groups is 1. The molecular formula is C42H82N2O6P+. The zero-order valence-corrected chi connectivity index (χ0v) is 34.7. The normalized spacial score (nSPS) is 14.9. The van der Waals surface area contributed by atoms with E-state index in [9.17, 15) is 19.4 Å². The van der Waals surface area contributed by atoms with Crippen LogP contribution in [0.3, 0.4) is 0 Å². The van der Waals surface area contributed by atoms with Gasteiger partial charge in [-0.25, -0.2) is 4.57 Å². The first kappa shape index (κ1) is 49.7. The molecule has 0 aromatic rings. The Balaban J connectivity index is 4.45. The van der Waals surface area contributed by atoms with Crippen LogP contribution in [0.2, 0.25) is 0 Å². The number of carbonyl (C=O) groups excluding carboxylic acids is 1. The molecule has 0 saturated heterocycles. The molecule has 0 radical (unpaired) electrons. The molecule has 0 spiro atoms. The van der Waals surface area contributed by atoms with Gasteiger partial charge in [-0.2, -0.15) is 0 Å². The Labute approximate surface area is 315 Å². The van der Waals surface area contributed by atoms with Crippen LogP contribution in [0.15, 0.2) is 36.5 Å². The number of hydrogen-bond donors (Lipinski definition) is 3. The Morgan fingerprint density at radius 3 is 1.73 bits per heavy atom. The molecule has 0 fully saturated rings. The topological polar surface area (TPSA) is 105 Å². The molecular weight excluding hydrogens is 659 g/mol. The maximum Gasteiger partial charge on any atom is 0.472 e. The second kappa shape index (κ2) is 34.5. The van der Waals surface area contributed by atoms with Gasteiger partial charge < -0.3 is 19.8 Å². The number of nitrogens with zero attached hydrogens (tertiary/aromatic N) is 1. The van der Waals surface area contributed by atoms with E-state index in [-0.39, 0.29) is 19.1 Å². The van der Waals surface area contributed by atoms with Gasteiger partial charge in [-0.05, 0) is 44.9 Å². The molecule has 0 aromatic heterocycles. The van der Waals surface area contributed by atoms with E-state index in [1.54, 1.807) is 0 Å². The first-order chi connectivity index (χ1) is 24.5. The van der Waals surface area contributed by atoms with Crippen LogP contribution in [0.5, 0.6) is 0 Å². The minimum absolute atomic E-state index is 0.0702. The number of rotatable bonds is 37. The summed E-state index contributed by atoms with van der Waals surface area (Å²) in [7, 11) is 1.60. The third-order valence-electron chi connectivity index (χ3n) is 9.15. The van der Waals surface area contributed by atoms with E-state index in [0.29, 0.717) is 23.9 Å². The number of hydrogen-bond acceptors (Lipinski definition) is 5. The highest BCUT2D eigenvalue weighted by Gasteiger charge is 2.28. The molecule has 0 bridgehead atoms. The summed E-state index contributed by atoms with van der Waals surface area (Å²) >= 11 is 0. The van der Waals surface area contributed by atoms with Gasteiger partial charge in [0.15, 0.2) is 0 Å². The fraction of sp³-hybridized carbons (Fsp3) is 0.833. The summed E-state index contributed by atoms with van der Waals surface area (Å²) in [5.74, 6) is -0.163. The van der Waals surface area contributed by atoms with Crippen molar-refractivity contribution in [2.75, 3.05) is 40.9 Å². The van der Waals surface area contributed by atoms with Gasteiger partial charge in [-0.15, -0.1) is 0 Å². The number of likely N-dealkylation sites (N-methyl/N-ethyl adjacent to an activating group) is 1. The third-order valence-corrected chi connectivity index (χ3v) is 10.1. The van der Waals surface area contributed by atoms with E-state index in [0.717, 1.165) is 77.0 Å². The minimum Gasteiger partial charge on any atom is -0.391 e. The molecule has 3 unspecified atom stereocenters. The lowest BCUT2D eigenvalue weighted by molar-refractivity contribution is -0.870. The Kier molecular flexibility index (Phi) is 33.6. The molecule has 3 N–H and O–H groups in total. The van der Waals surface area contributed by atoms with Gasteiger partial charge in [0.1, 0.15) is 13.2 Å². The first-order valence-corrected chi connectivity index (χ1v) is 22.3. The molecule has 9 heteroatoms. The van der Waals surface area contributed by atoms with Crippen LogP contribution in [0.1, 0.15) is 174 Å². The van der Waals surface area contributed by atoms with Crippen molar-refractivity contribution in [3.8, 4) is 0 Å². The second-order valence-electron chi connectivity index (χ2n) is 15.3. The van der Waals surface area contributed by atoms with Crippen LogP contribution >= 0.6 is 7.82 Å². The van der Waals surface area contributed by atoms with Crippen LogP contribution in [-0.4, -0.2) is 73.4 Å². The molecule has 0 aliphatic heterocycles. The van der Waals surface area contributed by atoms with Gasteiger partial charge in [0.25, 0.3) is 0 Å². The van der Waals surface area contributed by atoms with Gasteiger partial charge in [0, 0.05) is 6.42 Å². The van der Waals surface area contributed by atoms with E-state index in [2.05, 4.69) is 55.6 Å². The summed E-state index contributed by atoms with van der Waals surface area (Å²) < 4.78 is 23.6. The molecule has 0 aliphatic carbocycles. The average Bonchev–Trinajstić information content (AvgIpc) is 3.07. The molecule has 0 heterocycles.